The highest BCUT2D eigenvalue weighted by molar-refractivity contribution is 6.29. The number of carbonyl (C=O) groups is 1. The number of anilines is 2. The molecule has 6 heteroatoms. The summed E-state index contributed by atoms with van der Waals surface area (Å²) < 4.78 is 0. The molecule has 1 amide bonds. The largest absolute Gasteiger partial charge is 0.396 e. The van der Waals surface area contributed by atoms with Crippen LogP contribution in [0.2, 0.25) is 5.15 Å². The molecule has 2 heterocycles. The number of nitrogen functional groups attached to an aromatic ring is 1. The predicted octanol–water partition coefficient (Wildman–Crippen LogP) is 1.91. The fraction of sp³-hybridized carbons (Fsp3) is 0.400. The van der Waals surface area contributed by atoms with Gasteiger partial charge in [-0.2, -0.15) is 0 Å². The van der Waals surface area contributed by atoms with Gasteiger partial charge in [-0.1, -0.05) is 11.6 Å². The molecule has 0 bridgehead atoms. The van der Waals surface area contributed by atoms with Gasteiger partial charge in [0.2, 0.25) is 5.91 Å². The quantitative estimate of drug-likeness (QED) is 0.652. The zero-order valence-corrected chi connectivity index (χ0v) is 10.0. The van der Waals surface area contributed by atoms with Crippen LogP contribution in [-0.4, -0.2) is 23.3 Å². The van der Waals surface area contributed by atoms with E-state index in [2.05, 4.69) is 4.98 Å². The van der Waals surface area contributed by atoms with Crippen LogP contribution >= 0.6 is 23.2 Å². The number of hydrogen-bond donors (Lipinski definition) is 1. The number of pyridine rings is 1. The van der Waals surface area contributed by atoms with E-state index >= 15 is 0 Å². The molecule has 2 N–H and O–H groups in total. The summed E-state index contributed by atoms with van der Waals surface area (Å²) in [4.78, 5) is 17.4. The van der Waals surface area contributed by atoms with Crippen molar-refractivity contribution in [3.8, 4) is 0 Å². The Morgan fingerprint density at radius 1 is 1.56 bits per heavy atom. The van der Waals surface area contributed by atoms with Crippen molar-refractivity contribution in [3.05, 3.63) is 17.3 Å². The number of alkyl halides is 1. The van der Waals surface area contributed by atoms with Gasteiger partial charge < -0.3 is 5.73 Å². The van der Waals surface area contributed by atoms with Gasteiger partial charge in [0.05, 0.1) is 5.69 Å². The van der Waals surface area contributed by atoms with E-state index in [0.717, 1.165) is 0 Å². The Kier molecular flexibility index (Phi) is 3.21. The molecule has 0 aromatic carbocycles. The first-order valence-electron chi connectivity index (χ1n) is 4.90. The molecule has 1 aliphatic heterocycles. The van der Waals surface area contributed by atoms with Gasteiger partial charge in [0.1, 0.15) is 5.15 Å². The normalized spacial score (nSPS) is 20.5. The third kappa shape index (κ3) is 2.08. The van der Waals surface area contributed by atoms with Crippen LogP contribution in [-0.2, 0) is 4.79 Å². The summed E-state index contributed by atoms with van der Waals surface area (Å²) in [6, 6.07) is 3.24. The molecule has 2 rings (SSSR count). The molecule has 1 unspecified atom stereocenters. The van der Waals surface area contributed by atoms with Crippen LogP contribution in [0.15, 0.2) is 12.1 Å². The number of amides is 1. The van der Waals surface area contributed by atoms with E-state index in [4.69, 9.17) is 28.9 Å². The van der Waals surface area contributed by atoms with Crippen molar-refractivity contribution in [2.24, 2.45) is 5.92 Å². The SMILES string of the molecule is Nc1ccc(Cl)nc1N1CC(CCl)CC1=O. The number of halogens is 2. The summed E-state index contributed by atoms with van der Waals surface area (Å²) in [6.07, 6.45) is 0.442. The van der Waals surface area contributed by atoms with E-state index in [9.17, 15) is 4.79 Å². The number of nitrogens with zero attached hydrogens (tertiary/aromatic N) is 2. The molecule has 0 spiro atoms. The van der Waals surface area contributed by atoms with Gasteiger partial charge >= 0.3 is 0 Å². The number of rotatable bonds is 2. The van der Waals surface area contributed by atoms with Gasteiger partial charge in [-0.25, -0.2) is 4.98 Å². The van der Waals surface area contributed by atoms with Crippen LogP contribution in [0.1, 0.15) is 6.42 Å². The first-order chi connectivity index (χ1) is 7.61. The minimum atomic E-state index is -0.00730. The summed E-state index contributed by atoms with van der Waals surface area (Å²) in [5.41, 5.74) is 6.22. The van der Waals surface area contributed by atoms with Crippen molar-refractivity contribution in [3.63, 3.8) is 0 Å². The minimum absolute atomic E-state index is 0.00730. The monoisotopic (exact) mass is 259 g/mol. The lowest BCUT2D eigenvalue weighted by Gasteiger charge is -2.17. The van der Waals surface area contributed by atoms with Gasteiger partial charge in [-0.3, -0.25) is 9.69 Å². The minimum Gasteiger partial charge on any atom is -0.396 e. The van der Waals surface area contributed by atoms with E-state index in [1.807, 2.05) is 0 Å². The predicted molar refractivity (Wildman–Crippen MR) is 64.8 cm³/mol. The van der Waals surface area contributed by atoms with Crippen LogP contribution in [0, 0.1) is 5.92 Å². The van der Waals surface area contributed by atoms with Crippen LogP contribution < -0.4 is 10.6 Å². The van der Waals surface area contributed by atoms with Crippen LogP contribution in [0.5, 0.6) is 0 Å². The second-order valence-electron chi connectivity index (χ2n) is 3.78. The lowest BCUT2D eigenvalue weighted by atomic mass is 10.1. The van der Waals surface area contributed by atoms with Gasteiger partial charge in [-0.15, -0.1) is 11.6 Å². The number of aromatic nitrogens is 1. The molecule has 0 aliphatic carbocycles. The zero-order valence-electron chi connectivity index (χ0n) is 8.49. The molecule has 1 aromatic rings. The molecule has 4 nitrogen and oxygen atoms in total. The van der Waals surface area contributed by atoms with E-state index < -0.39 is 0 Å². The molecule has 1 aromatic heterocycles. The second-order valence-corrected chi connectivity index (χ2v) is 4.47. The van der Waals surface area contributed by atoms with E-state index in [0.29, 0.717) is 35.5 Å². The third-order valence-corrected chi connectivity index (χ3v) is 3.20. The smallest absolute Gasteiger partial charge is 0.228 e. The molecular formula is C10H11Cl2N3O. The van der Waals surface area contributed by atoms with Gasteiger partial charge in [0.15, 0.2) is 5.82 Å². The average molecular weight is 260 g/mol. The van der Waals surface area contributed by atoms with Crippen molar-refractivity contribution in [1.29, 1.82) is 0 Å². The summed E-state index contributed by atoms with van der Waals surface area (Å²) in [7, 11) is 0. The fourth-order valence-electron chi connectivity index (χ4n) is 1.74. The van der Waals surface area contributed by atoms with Gasteiger partial charge in [0, 0.05) is 18.8 Å². The lowest BCUT2D eigenvalue weighted by molar-refractivity contribution is -0.117. The fourth-order valence-corrected chi connectivity index (χ4v) is 2.09. The molecule has 0 saturated carbocycles. The molecule has 1 fully saturated rings. The summed E-state index contributed by atoms with van der Waals surface area (Å²) in [5.74, 6) is 1.05. The highest BCUT2D eigenvalue weighted by Gasteiger charge is 2.31. The number of carbonyl (C=O) groups excluding carboxylic acids is 1. The molecule has 16 heavy (non-hydrogen) atoms. The Morgan fingerprint density at radius 2 is 2.31 bits per heavy atom. The third-order valence-electron chi connectivity index (χ3n) is 2.55. The maximum Gasteiger partial charge on any atom is 0.228 e. The average Bonchev–Trinajstić information content (AvgIpc) is 2.63. The van der Waals surface area contributed by atoms with Crippen molar-refractivity contribution in [1.82, 2.24) is 4.98 Å². The van der Waals surface area contributed by atoms with Crippen LogP contribution in [0.25, 0.3) is 0 Å². The molecular weight excluding hydrogens is 249 g/mol. The first-order valence-corrected chi connectivity index (χ1v) is 5.81. The van der Waals surface area contributed by atoms with Gasteiger partial charge in [0.25, 0.3) is 0 Å². The van der Waals surface area contributed by atoms with E-state index in [1.165, 1.54) is 0 Å². The Hall–Kier alpha value is -1.00. The lowest BCUT2D eigenvalue weighted by Crippen LogP contribution is -2.26. The zero-order chi connectivity index (χ0) is 11.7. The molecule has 1 saturated heterocycles. The Morgan fingerprint density at radius 3 is 2.94 bits per heavy atom. The van der Waals surface area contributed by atoms with Crippen molar-refractivity contribution < 1.29 is 4.79 Å². The molecule has 0 radical (unpaired) electrons. The van der Waals surface area contributed by atoms with Crippen molar-refractivity contribution >= 4 is 40.6 Å². The van der Waals surface area contributed by atoms with Crippen molar-refractivity contribution in [2.45, 2.75) is 6.42 Å². The summed E-state index contributed by atoms with van der Waals surface area (Å²) >= 11 is 11.5. The van der Waals surface area contributed by atoms with E-state index in [-0.39, 0.29) is 11.8 Å². The summed E-state index contributed by atoms with van der Waals surface area (Å²) in [6.45, 7) is 0.555. The summed E-state index contributed by atoms with van der Waals surface area (Å²) in [5, 5.41) is 0.325. The van der Waals surface area contributed by atoms with Crippen LogP contribution in [0.3, 0.4) is 0 Å². The number of hydrogen-bond acceptors (Lipinski definition) is 3. The Bertz CT molecular complexity index is 425. The molecule has 86 valence electrons. The number of nitrogens with two attached hydrogens (primary N) is 1. The maximum atomic E-state index is 11.7. The highest BCUT2D eigenvalue weighted by atomic mass is 35.5. The Labute approximate surface area is 103 Å². The first kappa shape index (κ1) is 11.5. The Balaban J connectivity index is 2.30. The maximum absolute atomic E-state index is 11.7. The van der Waals surface area contributed by atoms with Crippen LogP contribution in [0.4, 0.5) is 11.5 Å². The molecule has 1 aliphatic rings. The van der Waals surface area contributed by atoms with Gasteiger partial charge in [-0.05, 0) is 18.1 Å². The standard InChI is InChI=1S/C10H11Cl2N3O/c11-4-6-3-9(16)15(5-6)10-7(13)1-2-8(12)14-10/h1-2,6H,3-5,13H2. The topological polar surface area (TPSA) is 59.2 Å². The molecule has 1 atom stereocenters. The second kappa shape index (κ2) is 4.47. The van der Waals surface area contributed by atoms with E-state index in [1.54, 1.807) is 17.0 Å². The highest BCUT2D eigenvalue weighted by Crippen LogP contribution is 2.29. The van der Waals surface area contributed by atoms with Crippen molar-refractivity contribution in [2.75, 3.05) is 23.1 Å².